The van der Waals surface area contributed by atoms with E-state index in [1.807, 2.05) is 0 Å². The second-order valence-corrected chi connectivity index (χ2v) is 6.18. The molecule has 1 aromatic carbocycles. The quantitative estimate of drug-likeness (QED) is 0.732. The minimum atomic E-state index is -0.952. The fourth-order valence-electron chi connectivity index (χ4n) is 3.05. The lowest BCUT2D eigenvalue weighted by Gasteiger charge is -2.20. The summed E-state index contributed by atoms with van der Waals surface area (Å²) >= 11 is 0. The highest BCUT2D eigenvalue weighted by Crippen LogP contribution is 2.32. The van der Waals surface area contributed by atoms with Gasteiger partial charge < -0.3 is 19.9 Å². The molecule has 0 bridgehead atoms. The van der Waals surface area contributed by atoms with Crippen molar-refractivity contribution in [1.82, 2.24) is 10.2 Å². The summed E-state index contributed by atoms with van der Waals surface area (Å²) in [5, 5.41) is 13.9. The van der Waals surface area contributed by atoms with Crippen LogP contribution in [0.25, 0.3) is 0 Å². The summed E-state index contributed by atoms with van der Waals surface area (Å²) in [4.78, 5) is 36.7. The minimum absolute atomic E-state index is 0.133. The predicted octanol–water partition coefficient (Wildman–Crippen LogP) is 1.04. The Morgan fingerprint density at radius 1 is 1.15 bits per heavy atom. The van der Waals surface area contributed by atoms with E-state index in [-0.39, 0.29) is 6.54 Å². The molecule has 0 aromatic heterocycles. The van der Waals surface area contributed by atoms with Crippen LogP contribution in [0.5, 0.6) is 11.5 Å². The number of amides is 3. The summed E-state index contributed by atoms with van der Waals surface area (Å²) in [5.74, 6) is -0.358. The molecule has 9 heteroatoms. The van der Waals surface area contributed by atoms with Gasteiger partial charge >= 0.3 is 12.0 Å². The number of rotatable bonds is 4. The SMILES string of the molecule is O=C(CN1CCC[C@H]1C(=O)O)NC(=O)Nc1ccc2c(c1)OCCCO2. The third-order valence-corrected chi connectivity index (χ3v) is 4.25. The molecule has 0 aliphatic carbocycles. The lowest BCUT2D eigenvalue weighted by molar-refractivity contribution is -0.142. The predicted molar refractivity (Wildman–Crippen MR) is 91.4 cm³/mol. The van der Waals surface area contributed by atoms with Crippen molar-refractivity contribution in [3.63, 3.8) is 0 Å². The molecule has 2 heterocycles. The van der Waals surface area contributed by atoms with Gasteiger partial charge in [0.2, 0.25) is 5.91 Å². The summed E-state index contributed by atoms with van der Waals surface area (Å²) in [7, 11) is 0. The third-order valence-electron chi connectivity index (χ3n) is 4.25. The van der Waals surface area contributed by atoms with E-state index in [4.69, 9.17) is 14.6 Å². The first kappa shape index (κ1) is 18.0. The van der Waals surface area contributed by atoms with E-state index in [0.29, 0.717) is 49.8 Å². The highest BCUT2D eigenvalue weighted by atomic mass is 16.5. The van der Waals surface area contributed by atoms with Gasteiger partial charge in [-0.3, -0.25) is 19.8 Å². The molecule has 0 radical (unpaired) electrons. The summed E-state index contributed by atoms with van der Waals surface area (Å²) < 4.78 is 11.1. The van der Waals surface area contributed by atoms with Crippen LogP contribution in [-0.2, 0) is 9.59 Å². The van der Waals surface area contributed by atoms with Gasteiger partial charge in [-0.05, 0) is 31.5 Å². The minimum Gasteiger partial charge on any atom is -0.490 e. The zero-order chi connectivity index (χ0) is 18.5. The van der Waals surface area contributed by atoms with Gasteiger partial charge in [-0.2, -0.15) is 0 Å². The van der Waals surface area contributed by atoms with Crippen LogP contribution in [0.4, 0.5) is 10.5 Å². The molecule has 3 N–H and O–H groups in total. The Morgan fingerprint density at radius 3 is 2.69 bits per heavy atom. The maximum atomic E-state index is 12.0. The van der Waals surface area contributed by atoms with Crippen LogP contribution in [0.15, 0.2) is 18.2 Å². The van der Waals surface area contributed by atoms with Gasteiger partial charge in [-0.15, -0.1) is 0 Å². The first-order valence-corrected chi connectivity index (χ1v) is 8.50. The number of ether oxygens (including phenoxy) is 2. The van der Waals surface area contributed by atoms with Crippen LogP contribution in [0, 0.1) is 0 Å². The topological polar surface area (TPSA) is 117 Å². The van der Waals surface area contributed by atoms with Gasteiger partial charge in [0.1, 0.15) is 6.04 Å². The molecule has 1 aromatic rings. The maximum Gasteiger partial charge on any atom is 0.325 e. The largest absolute Gasteiger partial charge is 0.490 e. The molecule has 26 heavy (non-hydrogen) atoms. The summed E-state index contributed by atoms with van der Waals surface area (Å²) in [6.45, 7) is 1.49. The number of nitrogens with zero attached hydrogens (tertiary/aromatic N) is 1. The number of hydrogen-bond acceptors (Lipinski definition) is 6. The molecule has 0 unspecified atom stereocenters. The van der Waals surface area contributed by atoms with E-state index >= 15 is 0 Å². The van der Waals surface area contributed by atoms with Crippen molar-refractivity contribution < 1.29 is 29.0 Å². The van der Waals surface area contributed by atoms with Crippen LogP contribution in [-0.4, -0.2) is 60.3 Å². The van der Waals surface area contributed by atoms with E-state index in [0.717, 1.165) is 6.42 Å². The smallest absolute Gasteiger partial charge is 0.325 e. The number of nitrogens with one attached hydrogen (secondary N) is 2. The number of urea groups is 1. The fraction of sp³-hybridized carbons (Fsp3) is 0.471. The first-order valence-electron chi connectivity index (χ1n) is 8.50. The zero-order valence-corrected chi connectivity index (χ0v) is 14.2. The Hall–Kier alpha value is -2.81. The Labute approximate surface area is 150 Å². The molecule has 2 aliphatic rings. The van der Waals surface area contributed by atoms with Crippen LogP contribution < -0.4 is 20.1 Å². The maximum absolute atomic E-state index is 12.0. The summed E-state index contributed by atoms with van der Waals surface area (Å²) in [5.41, 5.74) is 0.462. The number of carboxylic acid groups (broad SMARTS) is 1. The number of imide groups is 1. The van der Waals surface area contributed by atoms with Gasteiger partial charge in [0.05, 0.1) is 19.8 Å². The van der Waals surface area contributed by atoms with Crippen molar-refractivity contribution >= 4 is 23.6 Å². The Morgan fingerprint density at radius 2 is 1.92 bits per heavy atom. The highest BCUT2D eigenvalue weighted by molar-refractivity contribution is 6.02. The Kier molecular flexibility index (Phi) is 5.57. The van der Waals surface area contributed by atoms with Gasteiger partial charge in [-0.1, -0.05) is 0 Å². The average molecular weight is 363 g/mol. The number of likely N-dealkylation sites (tertiary alicyclic amines) is 1. The molecule has 1 atom stereocenters. The van der Waals surface area contributed by atoms with Gasteiger partial charge in [0.25, 0.3) is 0 Å². The Bertz CT molecular complexity index is 708. The van der Waals surface area contributed by atoms with Crippen molar-refractivity contribution in [3.8, 4) is 11.5 Å². The normalized spacial score (nSPS) is 19.5. The van der Waals surface area contributed by atoms with Crippen molar-refractivity contribution in [1.29, 1.82) is 0 Å². The molecule has 0 spiro atoms. The van der Waals surface area contributed by atoms with E-state index in [1.54, 1.807) is 23.1 Å². The molecule has 9 nitrogen and oxygen atoms in total. The molecular formula is C17H21N3O6. The summed E-state index contributed by atoms with van der Waals surface area (Å²) in [6, 6.07) is 3.62. The molecule has 0 saturated carbocycles. The number of anilines is 1. The molecular weight excluding hydrogens is 342 g/mol. The van der Waals surface area contributed by atoms with Crippen molar-refractivity contribution in [2.75, 3.05) is 31.6 Å². The van der Waals surface area contributed by atoms with E-state index in [9.17, 15) is 14.4 Å². The number of aliphatic carboxylic acids is 1. The van der Waals surface area contributed by atoms with Crippen LogP contribution >= 0.6 is 0 Å². The monoisotopic (exact) mass is 363 g/mol. The second kappa shape index (κ2) is 8.05. The van der Waals surface area contributed by atoms with E-state index in [2.05, 4.69) is 10.6 Å². The summed E-state index contributed by atoms with van der Waals surface area (Å²) in [6.07, 6.45) is 2.00. The third kappa shape index (κ3) is 4.42. The second-order valence-electron chi connectivity index (χ2n) is 6.18. The number of carboxylic acids is 1. The lowest BCUT2D eigenvalue weighted by atomic mass is 10.2. The zero-order valence-electron chi connectivity index (χ0n) is 14.2. The van der Waals surface area contributed by atoms with Gasteiger partial charge in [-0.25, -0.2) is 4.79 Å². The molecule has 3 amide bonds. The number of benzene rings is 1. The fourth-order valence-corrected chi connectivity index (χ4v) is 3.05. The van der Waals surface area contributed by atoms with Crippen LogP contribution in [0.3, 0.4) is 0 Å². The van der Waals surface area contributed by atoms with E-state index in [1.165, 1.54) is 0 Å². The standard InChI is InChI=1S/C17H21N3O6/c21-15(10-20-6-1-3-12(20)16(22)23)19-17(24)18-11-4-5-13-14(9-11)26-8-2-7-25-13/h4-5,9,12H,1-3,6-8,10H2,(H,22,23)(H2,18,19,21,24)/t12-/m0/s1. The van der Waals surface area contributed by atoms with E-state index < -0.39 is 23.9 Å². The van der Waals surface area contributed by atoms with Crippen molar-refractivity contribution in [2.45, 2.75) is 25.3 Å². The van der Waals surface area contributed by atoms with Crippen LogP contribution in [0.2, 0.25) is 0 Å². The molecule has 2 aliphatic heterocycles. The average Bonchev–Trinajstić information content (AvgIpc) is 2.91. The number of hydrogen-bond donors (Lipinski definition) is 3. The molecule has 1 saturated heterocycles. The van der Waals surface area contributed by atoms with Gasteiger partial charge in [0, 0.05) is 18.2 Å². The number of carbonyl (C=O) groups excluding carboxylic acids is 2. The molecule has 3 rings (SSSR count). The number of carbonyl (C=O) groups is 3. The lowest BCUT2D eigenvalue weighted by Crippen LogP contribution is -2.45. The number of fused-ring (bicyclic) bond motifs is 1. The Balaban J connectivity index is 1.53. The molecule has 1 fully saturated rings. The van der Waals surface area contributed by atoms with Crippen LogP contribution in [0.1, 0.15) is 19.3 Å². The first-order chi connectivity index (χ1) is 12.5. The van der Waals surface area contributed by atoms with Crippen molar-refractivity contribution in [3.05, 3.63) is 18.2 Å². The molecule has 140 valence electrons. The van der Waals surface area contributed by atoms with Gasteiger partial charge in [0.15, 0.2) is 11.5 Å². The van der Waals surface area contributed by atoms with Crippen molar-refractivity contribution in [2.24, 2.45) is 0 Å². The highest BCUT2D eigenvalue weighted by Gasteiger charge is 2.31.